The van der Waals surface area contributed by atoms with Crippen LogP contribution in [-0.4, -0.2) is 103 Å². The average Bonchev–Trinajstić information content (AvgIpc) is 2.98. The van der Waals surface area contributed by atoms with Gasteiger partial charge in [0.1, 0.15) is 0 Å². The number of likely N-dealkylation sites (tertiary alicyclic amines) is 1. The molecule has 1 unspecified atom stereocenters. The molecular formula is C18H34N4O4. The third-order valence-electron chi connectivity index (χ3n) is 4.93. The van der Waals surface area contributed by atoms with Gasteiger partial charge in [-0.25, -0.2) is 4.79 Å². The van der Waals surface area contributed by atoms with Gasteiger partial charge in [-0.2, -0.15) is 0 Å². The molecule has 0 bridgehead atoms. The summed E-state index contributed by atoms with van der Waals surface area (Å²) < 4.78 is 5.68. The Hall–Kier alpha value is -1.38. The highest BCUT2D eigenvalue weighted by atomic mass is 16.5. The van der Waals surface area contributed by atoms with E-state index in [1.807, 2.05) is 0 Å². The van der Waals surface area contributed by atoms with Crippen LogP contribution in [0.1, 0.15) is 26.7 Å². The number of carboxylic acid groups (broad SMARTS) is 1. The number of carboxylic acids is 1. The van der Waals surface area contributed by atoms with Gasteiger partial charge in [-0.15, -0.1) is 0 Å². The van der Waals surface area contributed by atoms with Crippen LogP contribution in [0.2, 0.25) is 0 Å². The summed E-state index contributed by atoms with van der Waals surface area (Å²) in [6, 6.07) is 0.385. The van der Waals surface area contributed by atoms with Gasteiger partial charge in [0, 0.05) is 38.8 Å². The van der Waals surface area contributed by atoms with Gasteiger partial charge in [0.15, 0.2) is 0 Å². The maximum absolute atomic E-state index is 12.5. The molecule has 0 aliphatic carbocycles. The topological polar surface area (TPSA) is 85.4 Å². The first-order chi connectivity index (χ1) is 12.3. The van der Waals surface area contributed by atoms with E-state index in [0.717, 1.165) is 19.5 Å². The average molecular weight is 370 g/mol. The number of carbonyl (C=O) groups is 2. The zero-order chi connectivity index (χ0) is 19.1. The number of hydrogen-bond donors (Lipinski definition) is 2. The number of aliphatic carboxylic acids is 1. The highest BCUT2D eigenvalue weighted by Gasteiger charge is 2.28. The summed E-state index contributed by atoms with van der Waals surface area (Å²) in [6.45, 7) is 9.37. The molecule has 0 aromatic rings. The van der Waals surface area contributed by atoms with E-state index in [0.29, 0.717) is 44.7 Å². The SMILES string of the molecule is CC(C)CN1CCC[C@@H]1CNC(=O)N1CCOC(CN(C)CC(=O)O)C1. The largest absolute Gasteiger partial charge is 0.480 e. The zero-order valence-corrected chi connectivity index (χ0v) is 16.3. The fourth-order valence-corrected chi connectivity index (χ4v) is 3.81. The van der Waals surface area contributed by atoms with E-state index in [2.05, 4.69) is 24.1 Å². The lowest BCUT2D eigenvalue weighted by Crippen LogP contribution is -2.53. The molecule has 150 valence electrons. The molecule has 0 radical (unpaired) electrons. The fraction of sp³-hybridized carbons (Fsp3) is 0.889. The molecule has 26 heavy (non-hydrogen) atoms. The molecule has 0 saturated carbocycles. The first-order valence-corrected chi connectivity index (χ1v) is 9.64. The number of hydrogen-bond acceptors (Lipinski definition) is 5. The fourth-order valence-electron chi connectivity index (χ4n) is 3.81. The Morgan fingerprint density at radius 2 is 2.12 bits per heavy atom. The summed E-state index contributed by atoms with van der Waals surface area (Å²) in [4.78, 5) is 29.3. The van der Waals surface area contributed by atoms with Crippen LogP contribution in [0.15, 0.2) is 0 Å². The summed E-state index contributed by atoms with van der Waals surface area (Å²) in [6.07, 6.45) is 2.18. The van der Waals surface area contributed by atoms with Crippen molar-refractivity contribution in [2.75, 3.05) is 59.5 Å². The monoisotopic (exact) mass is 370 g/mol. The number of nitrogens with zero attached hydrogens (tertiary/aromatic N) is 3. The molecule has 2 N–H and O–H groups in total. The molecule has 8 heteroatoms. The first-order valence-electron chi connectivity index (χ1n) is 9.64. The maximum Gasteiger partial charge on any atom is 0.317 e. The van der Waals surface area contributed by atoms with Gasteiger partial charge in [-0.05, 0) is 32.4 Å². The number of rotatable bonds is 8. The summed E-state index contributed by atoms with van der Waals surface area (Å²) >= 11 is 0. The molecule has 2 aliphatic rings. The lowest BCUT2D eigenvalue weighted by Gasteiger charge is -2.35. The number of morpholine rings is 1. The van der Waals surface area contributed by atoms with E-state index >= 15 is 0 Å². The van der Waals surface area contributed by atoms with Crippen LogP contribution in [-0.2, 0) is 9.53 Å². The first kappa shape index (κ1) is 20.9. The van der Waals surface area contributed by atoms with Gasteiger partial charge in [0.05, 0.1) is 19.3 Å². The van der Waals surface area contributed by atoms with Crippen molar-refractivity contribution >= 4 is 12.0 Å². The van der Waals surface area contributed by atoms with Crippen LogP contribution >= 0.6 is 0 Å². The van der Waals surface area contributed by atoms with Crippen molar-refractivity contribution in [3.05, 3.63) is 0 Å². The predicted octanol–water partition coefficient (Wildman–Crippen LogP) is 0.534. The molecule has 2 aliphatic heterocycles. The number of amides is 2. The number of ether oxygens (including phenoxy) is 1. The Morgan fingerprint density at radius 1 is 1.35 bits per heavy atom. The molecule has 2 amide bonds. The molecule has 2 saturated heterocycles. The molecule has 0 aromatic carbocycles. The Kier molecular flexibility index (Phi) is 8.12. The zero-order valence-electron chi connectivity index (χ0n) is 16.3. The minimum atomic E-state index is -0.861. The molecule has 8 nitrogen and oxygen atoms in total. The lowest BCUT2D eigenvalue weighted by atomic mass is 10.1. The Morgan fingerprint density at radius 3 is 2.81 bits per heavy atom. The van der Waals surface area contributed by atoms with Crippen molar-refractivity contribution in [1.82, 2.24) is 20.0 Å². The second-order valence-electron chi connectivity index (χ2n) is 7.90. The van der Waals surface area contributed by atoms with Crippen molar-refractivity contribution in [3.63, 3.8) is 0 Å². The van der Waals surface area contributed by atoms with Crippen LogP contribution in [0.3, 0.4) is 0 Å². The Balaban J connectivity index is 1.75. The minimum Gasteiger partial charge on any atom is -0.480 e. The van der Waals surface area contributed by atoms with Gasteiger partial charge < -0.3 is 20.1 Å². The molecule has 0 aromatic heterocycles. The summed E-state index contributed by atoms with van der Waals surface area (Å²) in [5, 5.41) is 11.9. The molecule has 2 fully saturated rings. The number of urea groups is 1. The highest BCUT2D eigenvalue weighted by Crippen LogP contribution is 2.18. The van der Waals surface area contributed by atoms with Crippen molar-refractivity contribution < 1.29 is 19.4 Å². The summed E-state index contributed by atoms with van der Waals surface area (Å²) in [5.74, 6) is -0.227. The van der Waals surface area contributed by atoms with Crippen LogP contribution in [0.5, 0.6) is 0 Å². The second kappa shape index (κ2) is 10.1. The standard InChI is InChI=1S/C18H34N4O4/c1-14(2)10-21-6-4-5-15(21)9-19-18(25)22-7-8-26-16(12-22)11-20(3)13-17(23)24/h14-16H,4-13H2,1-3H3,(H,19,25)(H,23,24)/t15-,16?/m1/s1. The highest BCUT2D eigenvalue weighted by molar-refractivity contribution is 5.74. The quantitative estimate of drug-likeness (QED) is 0.648. The molecule has 2 atom stereocenters. The molecule has 2 rings (SSSR count). The number of likely N-dealkylation sites (N-methyl/N-ethyl adjacent to an activating group) is 1. The third-order valence-corrected chi connectivity index (χ3v) is 4.93. The second-order valence-corrected chi connectivity index (χ2v) is 7.90. The van der Waals surface area contributed by atoms with Gasteiger partial charge in [-0.1, -0.05) is 13.8 Å². The van der Waals surface area contributed by atoms with Crippen molar-refractivity contribution in [1.29, 1.82) is 0 Å². The van der Waals surface area contributed by atoms with Crippen molar-refractivity contribution in [2.24, 2.45) is 5.92 Å². The van der Waals surface area contributed by atoms with E-state index in [4.69, 9.17) is 9.84 Å². The summed E-state index contributed by atoms with van der Waals surface area (Å²) in [7, 11) is 1.75. The minimum absolute atomic E-state index is 0.0284. The van der Waals surface area contributed by atoms with Gasteiger partial charge in [0.25, 0.3) is 0 Å². The number of carbonyl (C=O) groups excluding carboxylic acids is 1. The van der Waals surface area contributed by atoms with Crippen molar-refractivity contribution in [2.45, 2.75) is 38.8 Å². The van der Waals surface area contributed by atoms with E-state index in [1.54, 1.807) is 16.8 Å². The van der Waals surface area contributed by atoms with Crippen LogP contribution in [0.25, 0.3) is 0 Å². The van der Waals surface area contributed by atoms with Crippen LogP contribution in [0, 0.1) is 5.92 Å². The predicted molar refractivity (Wildman–Crippen MR) is 99.3 cm³/mol. The van der Waals surface area contributed by atoms with E-state index < -0.39 is 5.97 Å². The molecule has 0 spiro atoms. The summed E-state index contributed by atoms with van der Waals surface area (Å²) in [5.41, 5.74) is 0. The van der Waals surface area contributed by atoms with Gasteiger partial charge >= 0.3 is 12.0 Å². The Labute approximate surface area is 156 Å². The third kappa shape index (κ3) is 6.74. The van der Waals surface area contributed by atoms with E-state index in [9.17, 15) is 9.59 Å². The maximum atomic E-state index is 12.5. The van der Waals surface area contributed by atoms with Gasteiger partial charge in [0.2, 0.25) is 0 Å². The van der Waals surface area contributed by atoms with E-state index in [-0.39, 0.29) is 18.7 Å². The Bertz CT molecular complexity index is 474. The van der Waals surface area contributed by atoms with Crippen LogP contribution in [0.4, 0.5) is 4.79 Å². The lowest BCUT2D eigenvalue weighted by molar-refractivity contribution is -0.138. The van der Waals surface area contributed by atoms with E-state index in [1.165, 1.54) is 6.42 Å². The molecule has 2 heterocycles. The normalized spacial score (nSPS) is 24.4. The van der Waals surface area contributed by atoms with Crippen LogP contribution < -0.4 is 5.32 Å². The number of nitrogens with one attached hydrogen (secondary N) is 1. The smallest absolute Gasteiger partial charge is 0.317 e. The van der Waals surface area contributed by atoms with Gasteiger partial charge in [-0.3, -0.25) is 14.6 Å². The molecular weight excluding hydrogens is 336 g/mol. The van der Waals surface area contributed by atoms with Crippen molar-refractivity contribution in [3.8, 4) is 0 Å².